The Morgan fingerprint density at radius 3 is 2.53 bits per heavy atom. The highest BCUT2D eigenvalue weighted by Crippen LogP contribution is 2.29. The SMILES string of the molecule is CC(C)(C)OC(=O)N1CCO[C@H](c2ccc(Nc3cc(C(F)(F)F)ncn3)cc2)C1. The molecule has 1 aliphatic heterocycles. The molecule has 3 rings (SSSR count). The number of hydrogen-bond donors (Lipinski definition) is 1. The third-order valence-corrected chi connectivity index (χ3v) is 4.23. The van der Waals surface area contributed by atoms with E-state index in [9.17, 15) is 18.0 Å². The lowest BCUT2D eigenvalue weighted by atomic mass is 10.1. The fraction of sp³-hybridized carbons (Fsp3) is 0.450. The average Bonchev–Trinajstić information content (AvgIpc) is 2.67. The summed E-state index contributed by atoms with van der Waals surface area (Å²) in [7, 11) is 0. The lowest BCUT2D eigenvalue weighted by Gasteiger charge is -2.34. The Morgan fingerprint density at radius 2 is 1.90 bits per heavy atom. The van der Waals surface area contributed by atoms with Crippen molar-refractivity contribution in [2.45, 2.75) is 38.7 Å². The minimum absolute atomic E-state index is 0.0371. The van der Waals surface area contributed by atoms with Crippen LogP contribution in [0, 0.1) is 0 Å². The average molecular weight is 424 g/mol. The van der Waals surface area contributed by atoms with E-state index >= 15 is 0 Å². The van der Waals surface area contributed by atoms with Crippen molar-refractivity contribution in [3.63, 3.8) is 0 Å². The van der Waals surface area contributed by atoms with Gasteiger partial charge in [-0.25, -0.2) is 14.8 Å². The number of hydrogen-bond acceptors (Lipinski definition) is 6. The number of benzene rings is 1. The number of aromatic nitrogens is 2. The Kier molecular flexibility index (Phi) is 6.16. The van der Waals surface area contributed by atoms with E-state index in [0.717, 1.165) is 18.0 Å². The summed E-state index contributed by atoms with van der Waals surface area (Å²) in [5.74, 6) is 0.0371. The van der Waals surface area contributed by atoms with Gasteiger partial charge in [0, 0.05) is 18.3 Å². The van der Waals surface area contributed by atoms with Crippen LogP contribution >= 0.6 is 0 Å². The van der Waals surface area contributed by atoms with E-state index < -0.39 is 23.6 Å². The number of nitrogens with zero attached hydrogens (tertiary/aromatic N) is 3. The van der Waals surface area contributed by atoms with E-state index in [1.807, 2.05) is 20.8 Å². The maximum Gasteiger partial charge on any atom is 0.433 e. The van der Waals surface area contributed by atoms with Crippen molar-refractivity contribution < 1.29 is 27.4 Å². The molecule has 0 unspecified atom stereocenters. The van der Waals surface area contributed by atoms with Crippen molar-refractivity contribution in [1.29, 1.82) is 0 Å². The molecule has 0 aliphatic carbocycles. The number of carbonyl (C=O) groups is 1. The molecule has 1 aliphatic rings. The number of anilines is 2. The Balaban J connectivity index is 1.65. The smallest absolute Gasteiger partial charge is 0.433 e. The summed E-state index contributed by atoms with van der Waals surface area (Å²) in [5.41, 5.74) is -0.196. The van der Waals surface area contributed by atoms with E-state index in [2.05, 4.69) is 15.3 Å². The molecule has 1 N–H and O–H groups in total. The zero-order chi connectivity index (χ0) is 21.9. The van der Waals surface area contributed by atoms with Crippen LogP contribution in [-0.4, -0.2) is 46.3 Å². The molecule has 0 bridgehead atoms. The highest BCUT2D eigenvalue weighted by atomic mass is 19.4. The third-order valence-electron chi connectivity index (χ3n) is 4.23. The van der Waals surface area contributed by atoms with Crippen LogP contribution in [0.25, 0.3) is 0 Å². The Morgan fingerprint density at radius 1 is 1.20 bits per heavy atom. The van der Waals surface area contributed by atoms with Crippen LogP contribution < -0.4 is 5.32 Å². The van der Waals surface area contributed by atoms with Gasteiger partial charge in [0.05, 0.1) is 13.2 Å². The van der Waals surface area contributed by atoms with Crippen molar-refractivity contribution in [2.24, 2.45) is 0 Å². The first kappa shape index (κ1) is 21.8. The molecule has 1 aromatic heterocycles. The minimum Gasteiger partial charge on any atom is -0.444 e. The van der Waals surface area contributed by atoms with Crippen LogP contribution in [0.2, 0.25) is 0 Å². The van der Waals surface area contributed by atoms with Crippen molar-refractivity contribution in [3.05, 3.63) is 47.9 Å². The van der Waals surface area contributed by atoms with Crippen molar-refractivity contribution in [1.82, 2.24) is 14.9 Å². The van der Waals surface area contributed by atoms with Crippen molar-refractivity contribution in [2.75, 3.05) is 25.0 Å². The summed E-state index contributed by atoms with van der Waals surface area (Å²) >= 11 is 0. The van der Waals surface area contributed by atoms with E-state index in [4.69, 9.17) is 9.47 Å². The first-order chi connectivity index (χ1) is 14.0. The van der Waals surface area contributed by atoms with E-state index in [1.165, 1.54) is 0 Å². The fourth-order valence-electron chi connectivity index (χ4n) is 2.85. The number of alkyl halides is 3. The normalized spacial score (nSPS) is 17.5. The second-order valence-electron chi connectivity index (χ2n) is 7.82. The number of halogens is 3. The van der Waals surface area contributed by atoms with Crippen LogP contribution in [0.1, 0.15) is 38.1 Å². The molecule has 0 radical (unpaired) electrons. The van der Waals surface area contributed by atoms with Crippen LogP contribution in [0.4, 0.5) is 29.5 Å². The van der Waals surface area contributed by atoms with Crippen molar-refractivity contribution >= 4 is 17.6 Å². The third kappa shape index (κ3) is 5.82. The lowest BCUT2D eigenvalue weighted by molar-refractivity contribution is -0.141. The quantitative estimate of drug-likeness (QED) is 0.779. The largest absolute Gasteiger partial charge is 0.444 e. The molecule has 30 heavy (non-hydrogen) atoms. The van der Waals surface area contributed by atoms with Gasteiger partial charge in [0.15, 0.2) is 0 Å². The molecule has 2 aromatic rings. The summed E-state index contributed by atoms with van der Waals surface area (Å²) in [4.78, 5) is 20.9. The number of rotatable bonds is 3. The second-order valence-corrected chi connectivity index (χ2v) is 7.82. The zero-order valence-corrected chi connectivity index (χ0v) is 16.9. The van der Waals surface area contributed by atoms with Gasteiger partial charge >= 0.3 is 12.3 Å². The molecule has 162 valence electrons. The summed E-state index contributed by atoms with van der Waals surface area (Å²) in [5, 5.41) is 2.82. The minimum atomic E-state index is -4.54. The highest BCUT2D eigenvalue weighted by Gasteiger charge is 2.33. The summed E-state index contributed by atoms with van der Waals surface area (Å²) in [6.45, 7) is 6.60. The number of morpholine rings is 1. The molecule has 1 aromatic carbocycles. The molecule has 1 amide bonds. The Hall–Kier alpha value is -2.88. The maximum atomic E-state index is 12.8. The number of ether oxygens (including phenoxy) is 2. The number of amides is 1. The molecule has 2 heterocycles. The fourth-order valence-corrected chi connectivity index (χ4v) is 2.85. The van der Waals surface area contributed by atoms with Gasteiger partial charge < -0.3 is 19.7 Å². The van der Waals surface area contributed by atoms with Gasteiger partial charge in [-0.15, -0.1) is 0 Å². The maximum absolute atomic E-state index is 12.8. The first-order valence-electron chi connectivity index (χ1n) is 9.37. The van der Waals surface area contributed by atoms with Gasteiger partial charge in [-0.3, -0.25) is 0 Å². The van der Waals surface area contributed by atoms with E-state index in [1.54, 1.807) is 29.2 Å². The number of nitrogens with one attached hydrogen (secondary N) is 1. The molecule has 10 heteroatoms. The zero-order valence-electron chi connectivity index (χ0n) is 16.9. The van der Waals surface area contributed by atoms with E-state index in [0.29, 0.717) is 25.4 Å². The number of carbonyl (C=O) groups excluding carboxylic acids is 1. The Bertz CT molecular complexity index is 882. The molecule has 0 saturated carbocycles. The predicted octanol–water partition coefficient (Wildman–Crippen LogP) is 4.55. The van der Waals surface area contributed by atoms with Crippen LogP contribution in [-0.2, 0) is 15.7 Å². The van der Waals surface area contributed by atoms with Gasteiger partial charge in [-0.05, 0) is 38.5 Å². The summed E-state index contributed by atoms with van der Waals surface area (Å²) in [6.07, 6.45) is -4.39. The predicted molar refractivity (Wildman–Crippen MR) is 103 cm³/mol. The van der Waals surface area contributed by atoms with Gasteiger partial charge in [0.25, 0.3) is 0 Å². The van der Waals surface area contributed by atoms with Crippen LogP contribution in [0.15, 0.2) is 36.7 Å². The second kappa shape index (κ2) is 8.47. The topological polar surface area (TPSA) is 76.6 Å². The monoisotopic (exact) mass is 424 g/mol. The molecule has 1 fully saturated rings. The van der Waals surface area contributed by atoms with E-state index in [-0.39, 0.29) is 11.9 Å². The Labute approximate surface area is 172 Å². The summed E-state index contributed by atoms with van der Waals surface area (Å²) < 4.78 is 49.5. The van der Waals surface area contributed by atoms with Crippen LogP contribution in [0.5, 0.6) is 0 Å². The molecule has 1 atom stereocenters. The molecule has 7 nitrogen and oxygen atoms in total. The van der Waals surface area contributed by atoms with Gasteiger partial charge in [0.2, 0.25) is 0 Å². The van der Waals surface area contributed by atoms with Crippen LogP contribution in [0.3, 0.4) is 0 Å². The lowest BCUT2D eigenvalue weighted by Crippen LogP contribution is -2.44. The van der Waals surface area contributed by atoms with Gasteiger partial charge in [-0.2, -0.15) is 13.2 Å². The van der Waals surface area contributed by atoms with Crippen molar-refractivity contribution in [3.8, 4) is 0 Å². The highest BCUT2D eigenvalue weighted by molar-refractivity contribution is 5.68. The molecule has 0 spiro atoms. The van der Waals surface area contributed by atoms with Gasteiger partial charge in [0.1, 0.15) is 29.5 Å². The molecular weight excluding hydrogens is 401 g/mol. The first-order valence-corrected chi connectivity index (χ1v) is 9.37. The van der Waals surface area contributed by atoms with Gasteiger partial charge in [-0.1, -0.05) is 12.1 Å². The molecular formula is C20H23F3N4O3. The standard InChI is InChI=1S/C20H23F3N4O3/c1-19(2,3)30-18(28)27-8-9-29-15(11-27)13-4-6-14(7-5-13)26-17-10-16(20(21,22)23)24-12-25-17/h4-7,10,12,15H,8-9,11H2,1-3H3,(H,24,25,26)/t15-/m0/s1. The summed E-state index contributed by atoms with van der Waals surface area (Å²) in [6, 6.07) is 7.84. The molecule has 1 saturated heterocycles.